The second-order valence-corrected chi connectivity index (χ2v) is 8.68. The van der Waals surface area contributed by atoms with E-state index in [-0.39, 0.29) is 5.91 Å². The fourth-order valence-corrected chi connectivity index (χ4v) is 3.98. The van der Waals surface area contributed by atoms with Crippen LogP contribution in [0.5, 0.6) is 5.75 Å². The van der Waals surface area contributed by atoms with Crippen LogP contribution >= 0.6 is 11.3 Å². The molecule has 7 nitrogen and oxygen atoms in total. The molecule has 2 heterocycles. The van der Waals surface area contributed by atoms with E-state index in [1.165, 1.54) is 11.3 Å². The molecule has 1 N–H and O–H groups in total. The Labute approximate surface area is 192 Å². The van der Waals surface area contributed by atoms with Gasteiger partial charge in [-0.1, -0.05) is 26.0 Å². The number of amides is 1. The van der Waals surface area contributed by atoms with Crippen molar-refractivity contribution in [1.29, 1.82) is 0 Å². The molecule has 170 valence electrons. The Bertz CT molecular complexity index is 1080. The summed E-state index contributed by atoms with van der Waals surface area (Å²) in [6.45, 7) is 9.24. The molecule has 32 heavy (non-hydrogen) atoms. The number of ether oxygens (including phenoxy) is 2. The first-order valence-electron chi connectivity index (χ1n) is 10.6. The van der Waals surface area contributed by atoms with Crippen LogP contribution in [-0.2, 0) is 11.3 Å². The van der Waals surface area contributed by atoms with Crippen LogP contribution in [0.25, 0.3) is 11.4 Å². The van der Waals surface area contributed by atoms with Gasteiger partial charge >= 0.3 is 5.97 Å². The summed E-state index contributed by atoms with van der Waals surface area (Å²) in [5.74, 6) is 0.576. The van der Waals surface area contributed by atoms with Gasteiger partial charge in [-0.25, -0.2) is 9.78 Å². The van der Waals surface area contributed by atoms with Crippen molar-refractivity contribution in [3.63, 3.8) is 0 Å². The van der Waals surface area contributed by atoms with Crippen molar-refractivity contribution in [1.82, 2.24) is 14.9 Å². The van der Waals surface area contributed by atoms with E-state index in [0.717, 1.165) is 22.7 Å². The fourth-order valence-electron chi connectivity index (χ4n) is 3.27. The lowest BCUT2D eigenvalue weighted by Gasteiger charge is -2.12. The molecular weight excluding hydrogens is 426 g/mol. The van der Waals surface area contributed by atoms with Crippen LogP contribution in [0.4, 0.5) is 0 Å². The van der Waals surface area contributed by atoms with Gasteiger partial charge in [0.25, 0.3) is 5.91 Å². The average molecular weight is 456 g/mol. The van der Waals surface area contributed by atoms with Crippen molar-refractivity contribution in [2.24, 2.45) is 5.92 Å². The van der Waals surface area contributed by atoms with E-state index in [1.54, 1.807) is 14.0 Å². The van der Waals surface area contributed by atoms with Crippen LogP contribution in [0.15, 0.2) is 35.7 Å². The number of thiazole rings is 1. The van der Waals surface area contributed by atoms with E-state index < -0.39 is 5.97 Å². The quantitative estimate of drug-likeness (QED) is 0.479. The van der Waals surface area contributed by atoms with Gasteiger partial charge in [0.05, 0.1) is 30.7 Å². The highest BCUT2D eigenvalue weighted by Gasteiger charge is 2.22. The zero-order valence-electron chi connectivity index (χ0n) is 19.1. The van der Waals surface area contributed by atoms with Crippen LogP contribution in [0.3, 0.4) is 0 Å². The molecule has 0 saturated heterocycles. The highest BCUT2D eigenvalue weighted by Crippen LogP contribution is 2.29. The molecule has 2 aromatic heterocycles. The maximum atomic E-state index is 12.9. The Morgan fingerprint density at radius 3 is 2.56 bits per heavy atom. The number of benzene rings is 1. The zero-order chi connectivity index (χ0) is 23.3. The summed E-state index contributed by atoms with van der Waals surface area (Å²) >= 11 is 1.23. The van der Waals surface area contributed by atoms with Crippen LogP contribution in [0.1, 0.15) is 52.2 Å². The van der Waals surface area contributed by atoms with Gasteiger partial charge in [-0.2, -0.15) is 0 Å². The lowest BCUT2D eigenvalue weighted by Crippen LogP contribution is -2.27. The Morgan fingerprint density at radius 1 is 1.22 bits per heavy atom. The third-order valence-corrected chi connectivity index (χ3v) is 5.82. The fraction of sp³-hybridized carbons (Fsp3) is 0.375. The summed E-state index contributed by atoms with van der Waals surface area (Å²) in [5.41, 5.74) is 3.90. The van der Waals surface area contributed by atoms with E-state index in [9.17, 15) is 9.59 Å². The Kier molecular flexibility index (Phi) is 7.69. The predicted molar refractivity (Wildman–Crippen MR) is 126 cm³/mol. The summed E-state index contributed by atoms with van der Waals surface area (Å²) in [7, 11) is 1.63. The minimum atomic E-state index is -0.441. The van der Waals surface area contributed by atoms with E-state index in [4.69, 9.17) is 9.47 Å². The standard InChI is InChI=1S/C24H29N3O4S/c1-6-31-24(29)23-26-20(14-32-23)21-11-19(22(28)25-12-15(2)3)16(4)27(21)13-17-7-9-18(30-5)10-8-17/h7-11,14-15H,6,12-13H2,1-5H3,(H,25,28). The normalized spacial score (nSPS) is 10.9. The highest BCUT2D eigenvalue weighted by atomic mass is 32.1. The summed E-state index contributed by atoms with van der Waals surface area (Å²) in [6, 6.07) is 9.65. The predicted octanol–water partition coefficient (Wildman–Crippen LogP) is 4.54. The number of aromatic nitrogens is 2. The van der Waals surface area contributed by atoms with Gasteiger partial charge in [-0.15, -0.1) is 11.3 Å². The molecule has 0 unspecified atom stereocenters. The Hall–Kier alpha value is -3.13. The number of methoxy groups -OCH3 is 1. The molecule has 0 aliphatic rings. The topological polar surface area (TPSA) is 82.5 Å². The average Bonchev–Trinajstić information content (AvgIpc) is 3.38. The van der Waals surface area contributed by atoms with Gasteiger partial charge < -0.3 is 19.4 Å². The summed E-state index contributed by atoms with van der Waals surface area (Å²) in [4.78, 5) is 29.5. The van der Waals surface area contributed by atoms with E-state index in [1.807, 2.05) is 42.6 Å². The molecule has 1 amide bonds. The van der Waals surface area contributed by atoms with Crippen LogP contribution in [0, 0.1) is 12.8 Å². The van der Waals surface area contributed by atoms with Gasteiger partial charge in [0, 0.05) is 24.2 Å². The van der Waals surface area contributed by atoms with Gasteiger partial charge in [-0.3, -0.25) is 4.79 Å². The molecule has 3 rings (SSSR count). The van der Waals surface area contributed by atoms with Crippen LogP contribution in [-0.4, -0.2) is 41.7 Å². The minimum absolute atomic E-state index is 0.119. The first-order chi connectivity index (χ1) is 15.3. The summed E-state index contributed by atoms with van der Waals surface area (Å²) in [5, 5.41) is 5.10. The number of esters is 1. The molecule has 3 aromatic rings. The van der Waals surface area contributed by atoms with Crippen LogP contribution in [0.2, 0.25) is 0 Å². The van der Waals surface area contributed by atoms with Gasteiger partial charge in [-0.05, 0) is 43.5 Å². The molecule has 0 radical (unpaired) electrons. The maximum absolute atomic E-state index is 12.9. The summed E-state index contributed by atoms with van der Waals surface area (Å²) in [6.07, 6.45) is 0. The third-order valence-electron chi connectivity index (χ3n) is 5.00. The number of carbonyl (C=O) groups is 2. The van der Waals surface area contributed by atoms with E-state index >= 15 is 0 Å². The van der Waals surface area contributed by atoms with Crippen molar-refractivity contribution in [3.8, 4) is 17.1 Å². The molecule has 1 aromatic carbocycles. The lowest BCUT2D eigenvalue weighted by molar-refractivity contribution is 0.0526. The lowest BCUT2D eigenvalue weighted by atomic mass is 10.2. The monoisotopic (exact) mass is 455 g/mol. The molecular formula is C24H29N3O4S. The number of nitrogens with zero attached hydrogens (tertiary/aromatic N) is 2. The Balaban J connectivity index is 2.00. The second-order valence-electron chi connectivity index (χ2n) is 7.83. The zero-order valence-corrected chi connectivity index (χ0v) is 19.9. The highest BCUT2D eigenvalue weighted by molar-refractivity contribution is 7.11. The first-order valence-corrected chi connectivity index (χ1v) is 11.5. The van der Waals surface area contributed by atoms with Gasteiger partial charge in [0.15, 0.2) is 0 Å². The molecule has 0 spiro atoms. The second kappa shape index (κ2) is 10.5. The first kappa shape index (κ1) is 23.5. The molecule has 0 aliphatic heterocycles. The largest absolute Gasteiger partial charge is 0.497 e. The molecule has 0 saturated carbocycles. The number of nitrogens with one attached hydrogen (secondary N) is 1. The number of rotatable bonds is 9. The molecule has 0 fully saturated rings. The third kappa shape index (κ3) is 5.37. The van der Waals surface area contributed by atoms with Gasteiger partial charge in [0.2, 0.25) is 5.01 Å². The number of carbonyl (C=O) groups excluding carboxylic acids is 2. The van der Waals surface area contributed by atoms with E-state index in [0.29, 0.717) is 41.9 Å². The smallest absolute Gasteiger partial charge is 0.367 e. The number of hydrogen-bond acceptors (Lipinski definition) is 6. The van der Waals surface area contributed by atoms with E-state index in [2.05, 4.69) is 28.7 Å². The molecule has 8 heteroatoms. The molecule has 0 aliphatic carbocycles. The molecule has 0 bridgehead atoms. The number of hydrogen-bond donors (Lipinski definition) is 1. The van der Waals surface area contributed by atoms with Crippen molar-refractivity contribution in [2.45, 2.75) is 34.2 Å². The van der Waals surface area contributed by atoms with Gasteiger partial charge in [0.1, 0.15) is 5.75 Å². The maximum Gasteiger partial charge on any atom is 0.367 e. The van der Waals surface area contributed by atoms with Crippen LogP contribution < -0.4 is 10.1 Å². The minimum Gasteiger partial charge on any atom is -0.497 e. The Morgan fingerprint density at radius 2 is 1.94 bits per heavy atom. The van der Waals surface area contributed by atoms with Crippen molar-refractivity contribution >= 4 is 23.2 Å². The van der Waals surface area contributed by atoms with Crippen molar-refractivity contribution in [2.75, 3.05) is 20.3 Å². The van der Waals surface area contributed by atoms with Crippen molar-refractivity contribution < 1.29 is 19.1 Å². The summed E-state index contributed by atoms with van der Waals surface area (Å²) < 4.78 is 12.4. The molecule has 0 atom stereocenters. The van der Waals surface area contributed by atoms with Crippen molar-refractivity contribution in [3.05, 3.63) is 57.5 Å². The SMILES string of the molecule is CCOC(=O)c1nc(-c2cc(C(=O)NCC(C)C)c(C)n2Cc2ccc(OC)cc2)cs1.